The van der Waals surface area contributed by atoms with Crippen molar-refractivity contribution in [1.29, 1.82) is 0 Å². The number of hydrogen-bond acceptors (Lipinski definition) is 3. The Bertz CT molecular complexity index is 798. The minimum atomic E-state index is -0.0389. The average molecular weight is 371 g/mol. The molecule has 2 aromatic rings. The molecular formula is C23H34N2O2. The molecule has 4 nitrogen and oxygen atoms in total. The molecule has 2 heterocycles. The molecule has 1 fully saturated rings. The summed E-state index contributed by atoms with van der Waals surface area (Å²) in [5.74, 6) is 2.02. The number of fused-ring (bicyclic) bond motifs is 1. The van der Waals surface area contributed by atoms with Crippen molar-refractivity contribution >= 4 is 11.4 Å². The third kappa shape index (κ3) is 4.36. The van der Waals surface area contributed by atoms with E-state index in [1.165, 1.54) is 32.1 Å². The number of aryl methyl sites for hydroxylation is 1. The van der Waals surface area contributed by atoms with E-state index in [4.69, 9.17) is 4.74 Å². The van der Waals surface area contributed by atoms with Crippen LogP contribution in [0.25, 0.3) is 5.65 Å². The third-order valence-electron chi connectivity index (χ3n) is 6.43. The number of imidazole rings is 1. The van der Waals surface area contributed by atoms with Crippen molar-refractivity contribution in [3.05, 3.63) is 29.7 Å². The van der Waals surface area contributed by atoms with Crippen LogP contribution in [0.1, 0.15) is 82.4 Å². The molecule has 4 heteroatoms. The fourth-order valence-electron chi connectivity index (χ4n) is 3.87. The van der Waals surface area contributed by atoms with E-state index in [0.29, 0.717) is 24.0 Å². The van der Waals surface area contributed by atoms with E-state index in [9.17, 15) is 4.79 Å². The molecule has 148 valence electrons. The van der Waals surface area contributed by atoms with Gasteiger partial charge in [0.15, 0.2) is 17.2 Å². The SMILES string of the molecule is Cc1nc2c(OCC3CCCCC3)cccn2c1C(=O)CC(C)(C)C(C)C. The molecule has 1 saturated carbocycles. The highest BCUT2D eigenvalue weighted by Crippen LogP contribution is 2.33. The largest absolute Gasteiger partial charge is 0.489 e. The standard InChI is InChI=1S/C23H34N2O2/c1-16(2)23(4,5)14-19(26)21-17(3)24-22-20(12-9-13-25(21)22)27-15-18-10-7-6-8-11-18/h9,12-13,16,18H,6-8,10-11,14-15H2,1-5H3. The van der Waals surface area contributed by atoms with E-state index in [0.717, 1.165) is 23.7 Å². The van der Waals surface area contributed by atoms with Crippen LogP contribution in [-0.4, -0.2) is 21.8 Å². The van der Waals surface area contributed by atoms with Crippen molar-refractivity contribution in [2.75, 3.05) is 6.61 Å². The number of carbonyl (C=O) groups excluding carboxylic acids is 1. The molecule has 0 aliphatic heterocycles. The Morgan fingerprint density at radius 1 is 1.30 bits per heavy atom. The van der Waals surface area contributed by atoms with E-state index in [2.05, 4.69) is 32.7 Å². The highest BCUT2D eigenvalue weighted by molar-refractivity contribution is 5.97. The third-order valence-corrected chi connectivity index (χ3v) is 6.43. The number of pyridine rings is 1. The van der Waals surface area contributed by atoms with Gasteiger partial charge in [-0.05, 0) is 49.1 Å². The molecular weight excluding hydrogens is 336 g/mol. The maximum Gasteiger partial charge on any atom is 0.182 e. The maximum absolute atomic E-state index is 13.1. The number of Topliss-reactive ketones (excluding diaryl/α,β-unsaturated/α-hetero) is 1. The van der Waals surface area contributed by atoms with Gasteiger partial charge in [-0.1, -0.05) is 47.0 Å². The van der Waals surface area contributed by atoms with Gasteiger partial charge in [0.05, 0.1) is 12.3 Å². The molecule has 0 spiro atoms. The van der Waals surface area contributed by atoms with Crippen LogP contribution in [0.3, 0.4) is 0 Å². The molecule has 0 aromatic carbocycles. The van der Waals surface area contributed by atoms with Crippen LogP contribution >= 0.6 is 0 Å². The molecule has 1 aliphatic carbocycles. The zero-order valence-corrected chi connectivity index (χ0v) is 17.5. The Hall–Kier alpha value is -1.84. The molecule has 0 amide bonds. The Labute approximate surface area is 163 Å². The van der Waals surface area contributed by atoms with Crippen LogP contribution in [0.4, 0.5) is 0 Å². The summed E-state index contributed by atoms with van der Waals surface area (Å²) in [5, 5.41) is 0. The van der Waals surface area contributed by atoms with Crippen LogP contribution in [0, 0.1) is 24.2 Å². The van der Waals surface area contributed by atoms with Gasteiger partial charge in [0.1, 0.15) is 5.69 Å². The first-order valence-electron chi connectivity index (χ1n) is 10.4. The molecule has 27 heavy (non-hydrogen) atoms. The molecule has 3 rings (SSSR count). The number of ketones is 1. The first-order valence-corrected chi connectivity index (χ1v) is 10.4. The molecule has 0 atom stereocenters. The lowest BCUT2D eigenvalue weighted by Gasteiger charge is -2.28. The number of rotatable bonds is 7. The van der Waals surface area contributed by atoms with Crippen molar-refractivity contribution < 1.29 is 9.53 Å². The van der Waals surface area contributed by atoms with Crippen molar-refractivity contribution in [2.45, 2.75) is 73.1 Å². The summed E-state index contributed by atoms with van der Waals surface area (Å²) >= 11 is 0. The second kappa shape index (κ2) is 8.04. The molecule has 0 radical (unpaired) electrons. The highest BCUT2D eigenvalue weighted by Gasteiger charge is 2.29. The number of ether oxygens (including phenoxy) is 1. The molecule has 0 bridgehead atoms. The Kier molecular flexibility index (Phi) is 5.92. The normalized spacial score (nSPS) is 16.2. The van der Waals surface area contributed by atoms with Gasteiger partial charge in [0.25, 0.3) is 0 Å². The second-order valence-corrected chi connectivity index (χ2v) is 9.17. The lowest BCUT2D eigenvalue weighted by molar-refractivity contribution is 0.0889. The van der Waals surface area contributed by atoms with Crippen molar-refractivity contribution in [3.63, 3.8) is 0 Å². The van der Waals surface area contributed by atoms with Gasteiger partial charge in [0.2, 0.25) is 0 Å². The van der Waals surface area contributed by atoms with E-state index in [1.807, 2.05) is 29.7 Å². The zero-order valence-electron chi connectivity index (χ0n) is 17.5. The van der Waals surface area contributed by atoms with Gasteiger partial charge < -0.3 is 4.74 Å². The van der Waals surface area contributed by atoms with Gasteiger partial charge in [-0.15, -0.1) is 0 Å². The van der Waals surface area contributed by atoms with E-state index >= 15 is 0 Å². The van der Waals surface area contributed by atoms with Gasteiger partial charge in [-0.3, -0.25) is 9.20 Å². The lowest BCUT2D eigenvalue weighted by Crippen LogP contribution is -2.24. The number of nitrogens with zero attached hydrogens (tertiary/aromatic N) is 2. The number of hydrogen-bond donors (Lipinski definition) is 0. The summed E-state index contributed by atoms with van der Waals surface area (Å²) in [4.78, 5) is 17.8. The minimum absolute atomic E-state index is 0.0389. The van der Waals surface area contributed by atoms with Crippen LogP contribution in [0.2, 0.25) is 0 Å². The van der Waals surface area contributed by atoms with E-state index in [-0.39, 0.29) is 11.2 Å². The summed E-state index contributed by atoms with van der Waals surface area (Å²) in [7, 11) is 0. The quantitative estimate of drug-likeness (QED) is 0.574. The summed E-state index contributed by atoms with van der Waals surface area (Å²) < 4.78 is 8.07. The second-order valence-electron chi connectivity index (χ2n) is 9.17. The van der Waals surface area contributed by atoms with Crippen molar-refractivity contribution in [1.82, 2.24) is 9.38 Å². The number of carbonyl (C=O) groups is 1. The highest BCUT2D eigenvalue weighted by atomic mass is 16.5. The van der Waals surface area contributed by atoms with Crippen LogP contribution in [-0.2, 0) is 0 Å². The van der Waals surface area contributed by atoms with Crippen LogP contribution < -0.4 is 4.74 Å². The fraction of sp³-hybridized carbons (Fsp3) is 0.652. The van der Waals surface area contributed by atoms with Gasteiger partial charge >= 0.3 is 0 Å². The zero-order chi connectivity index (χ0) is 19.6. The van der Waals surface area contributed by atoms with Crippen LogP contribution in [0.5, 0.6) is 5.75 Å². The Morgan fingerprint density at radius 3 is 2.67 bits per heavy atom. The monoisotopic (exact) mass is 370 g/mol. The average Bonchev–Trinajstić information content (AvgIpc) is 2.96. The van der Waals surface area contributed by atoms with Gasteiger partial charge in [-0.25, -0.2) is 4.98 Å². The summed E-state index contributed by atoms with van der Waals surface area (Å²) in [6, 6.07) is 3.92. The summed E-state index contributed by atoms with van der Waals surface area (Å²) in [5.41, 5.74) is 2.20. The number of aromatic nitrogens is 2. The Morgan fingerprint density at radius 2 is 2.00 bits per heavy atom. The first-order chi connectivity index (χ1) is 12.8. The summed E-state index contributed by atoms with van der Waals surface area (Å²) in [6.07, 6.45) is 8.93. The predicted molar refractivity (Wildman–Crippen MR) is 110 cm³/mol. The predicted octanol–water partition coefficient (Wildman–Crippen LogP) is 5.86. The fourth-order valence-corrected chi connectivity index (χ4v) is 3.87. The van der Waals surface area contributed by atoms with E-state index in [1.54, 1.807) is 0 Å². The lowest BCUT2D eigenvalue weighted by atomic mass is 9.76. The van der Waals surface area contributed by atoms with Crippen molar-refractivity contribution in [2.24, 2.45) is 17.3 Å². The molecule has 2 aromatic heterocycles. The van der Waals surface area contributed by atoms with E-state index < -0.39 is 0 Å². The van der Waals surface area contributed by atoms with Crippen LogP contribution in [0.15, 0.2) is 18.3 Å². The molecule has 1 aliphatic rings. The van der Waals surface area contributed by atoms with Gasteiger partial charge in [-0.2, -0.15) is 0 Å². The Balaban J connectivity index is 1.83. The molecule has 0 saturated heterocycles. The van der Waals surface area contributed by atoms with Crippen molar-refractivity contribution in [3.8, 4) is 5.75 Å². The van der Waals surface area contributed by atoms with Gasteiger partial charge in [0, 0.05) is 12.6 Å². The topological polar surface area (TPSA) is 43.6 Å². The minimum Gasteiger partial charge on any atom is -0.489 e. The molecule has 0 N–H and O–H groups in total. The maximum atomic E-state index is 13.1. The molecule has 0 unspecified atom stereocenters. The first kappa shape index (κ1) is 19.9. The smallest absolute Gasteiger partial charge is 0.182 e. The summed E-state index contributed by atoms with van der Waals surface area (Å²) in [6.45, 7) is 11.3.